The number of nitrogens with zero attached hydrogens (tertiary/aromatic N) is 1. The van der Waals surface area contributed by atoms with Crippen molar-refractivity contribution >= 4 is 17.0 Å². The lowest BCUT2D eigenvalue weighted by molar-refractivity contribution is 0.340. The van der Waals surface area contributed by atoms with E-state index in [1.807, 2.05) is 37.3 Å². The van der Waals surface area contributed by atoms with E-state index in [0.29, 0.717) is 6.61 Å². The molecule has 0 saturated heterocycles. The number of nitrogens with one attached hydrogen (secondary N) is 1. The van der Waals surface area contributed by atoms with Crippen molar-refractivity contribution in [1.29, 1.82) is 5.26 Å². The van der Waals surface area contributed by atoms with Gasteiger partial charge in [0.25, 0.3) is 0 Å². The summed E-state index contributed by atoms with van der Waals surface area (Å²) in [7, 11) is 0. The van der Waals surface area contributed by atoms with Gasteiger partial charge < -0.3 is 10.1 Å². The standard InChI is InChI=1S/C15H16N2OS/c1-3-18-12-4-7-15(11(2)8-12)17-10-14-6-5-13(9-16)19-14/h4-8,17H,3,10H2,1-2H3. The number of nitriles is 1. The molecular formula is C15H16N2OS. The van der Waals surface area contributed by atoms with Crippen molar-refractivity contribution in [2.75, 3.05) is 11.9 Å². The largest absolute Gasteiger partial charge is 0.494 e. The van der Waals surface area contributed by atoms with Crippen molar-refractivity contribution in [1.82, 2.24) is 0 Å². The predicted octanol–water partition coefficient (Wildman–Crippen LogP) is 3.94. The van der Waals surface area contributed by atoms with E-state index in [-0.39, 0.29) is 0 Å². The van der Waals surface area contributed by atoms with Crippen LogP contribution in [0.3, 0.4) is 0 Å². The molecule has 0 unspecified atom stereocenters. The molecule has 0 atom stereocenters. The monoisotopic (exact) mass is 272 g/mol. The molecule has 0 bridgehead atoms. The van der Waals surface area contributed by atoms with Crippen LogP contribution in [0, 0.1) is 18.3 Å². The minimum Gasteiger partial charge on any atom is -0.494 e. The zero-order valence-corrected chi connectivity index (χ0v) is 11.9. The molecule has 2 rings (SSSR count). The smallest absolute Gasteiger partial charge is 0.119 e. The molecule has 98 valence electrons. The molecule has 1 aromatic carbocycles. The number of anilines is 1. The minimum atomic E-state index is 0.679. The second kappa shape index (κ2) is 6.26. The van der Waals surface area contributed by atoms with Crippen LogP contribution in [-0.2, 0) is 6.54 Å². The number of aryl methyl sites for hydroxylation is 1. The van der Waals surface area contributed by atoms with Crippen molar-refractivity contribution in [3.8, 4) is 11.8 Å². The molecular weight excluding hydrogens is 256 g/mol. The maximum atomic E-state index is 8.79. The quantitative estimate of drug-likeness (QED) is 0.896. The molecule has 0 spiro atoms. The highest BCUT2D eigenvalue weighted by atomic mass is 32.1. The van der Waals surface area contributed by atoms with E-state index < -0.39 is 0 Å². The van der Waals surface area contributed by atoms with Gasteiger partial charge in [0.05, 0.1) is 6.61 Å². The molecule has 2 aromatic rings. The molecule has 0 aliphatic heterocycles. The summed E-state index contributed by atoms with van der Waals surface area (Å²) in [5.74, 6) is 0.897. The zero-order chi connectivity index (χ0) is 13.7. The van der Waals surface area contributed by atoms with E-state index in [1.54, 1.807) is 0 Å². The second-order valence-corrected chi connectivity index (χ2v) is 5.31. The summed E-state index contributed by atoms with van der Waals surface area (Å²) in [6.07, 6.45) is 0. The Morgan fingerprint density at radius 1 is 1.32 bits per heavy atom. The summed E-state index contributed by atoms with van der Waals surface area (Å²) in [6, 6.07) is 12.0. The van der Waals surface area contributed by atoms with Crippen molar-refractivity contribution in [3.63, 3.8) is 0 Å². The van der Waals surface area contributed by atoms with Crippen LogP contribution in [0.25, 0.3) is 0 Å². The molecule has 1 N–H and O–H groups in total. The molecule has 0 radical (unpaired) electrons. The van der Waals surface area contributed by atoms with Gasteiger partial charge >= 0.3 is 0 Å². The molecule has 0 aliphatic carbocycles. The third kappa shape index (κ3) is 3.49. The van der Waals surface area contributed by atoms with Crippen molar-refractivity contribution in [2.24, 2.45) is 0 Å². The van der Waals surface area contributed by atoms with Gasteiger partial charge in [-0.05, 0) is 49.7 Å². The summed E-state index contributed by atoms with van der Waals surface area (Å²) >= 11 is 1.52. The number of hydrogen-bond donors (Lipinski definition) is 1. The fourth-order valence-corrected chi connectivity index (χ4v) is 2.55. The summed E-state index contributed by atoms with van der Waals surface area (Å²) < 4.78 is 5.46. The normalized spacial score (nSPS) is 9.95. The van der Waals surface area contributed by atoms with E-state index in [1.165, 1.54) is 11.3 Å². The first-order valence-electron chi connectivity index (χ1n) is 6.19. The fraction of sp³-hybridized carbons (Fsp3) is 0.267. The van der Waals surface area contributed by atoms with Crippen molar-refractivity contribution in [2.45, 2.75) is 20.4 Å². The first kappa shape index (κ1) is 13.4. The highest BCUT2D eigenvalue weighted by Crippen LogP contribution is 2.23. The highest BCUT2D eigenvalue weighted by Gasteiger charge is 2.02. The second-order valence-electron chi connectivity index (χ2n) is 4.14. The van der Waals surface area contributed by atoms with Crippen LogP contribution < -0.4 is 10.1 Å². The van der Waals surface area contributed by atoms with Gasteiger partial charge in [-0.25, -0.2) is 0 Å². The molecule has 3 nitrogen and oxygen atoms in total. The molecule has 1 heterocycles. The van der Waals surface area contributed by atoms with Crippen LogP contribution in [0.5, 0.6) is 5.75 Å². The van der Waals surface area contributed by atoms with Crippen LogP contribution >= 0.6 is 11.3 Å². The Hall–Kier alpha value is -1.99. The SMILES string of the molecule is CCOc1ccc(NCc2ccc(C#N)s2)c(C)c1. The summed E-state index contributed by atoms with van der Waals surface area (Å²) in [5, 5.41) is 12.2. The Kier molecular flexibility index (Phi) is 4.43. The first-order valence-corrected chi connectivity index (χ1v) is 7.00. The van der Waals surface area contributed by atoms with Crippen LogP contribution in [-0.4, -0.2) is 6.61 Å². The number of thiophene rings is 1. The topological polar surface area (TPSA) is 45.0 Å². The molecule has 19 heavy (non-hydrogen) atoms. The van der Waals surface area contributed by atoms with Gasteiger partial charge in [-0.15, -0.1) is 11.3 Å². The lowest BCUT2D eigenvalue weighted by atomic mass is 10.2. The van der Waals surface area contributed by atoms with Gasteiger partial charge in [0.15, 0.2) is 0 Å². The summed E-state index contributed by atoms with van der Waals surface area (Å²) in [4.78, 5) is 1.91. The number of ether oxygens (including phenoxy) is 1. The average Bonchev–Trinajstić information content (AvgIpc) is 2.86. The molecule has 0 aliphatic rings. The molecule has 0 amide bonds. The number of benzene rings is 1. The maximum Gasteiger partial charge on any atom is 0.119 e. The van der Waals surface area contributed by atoms with Crippen LogP contribution in [0.4, 0.5) is 5.69 Å². The fourth-order valence-electron chi connectivity index (χ4n) is 1.81. The van der Waals surface area contributed by atoms with E-state index in [4.69, 9.17) is 10.00 Å². The average molecular weight is 272 g/mol. The molecule has 0 saturated carbocycles. The van der Waals surface area contributed by atoms with E-state index >= 15 is 0 Å². The Morgan fingerprint density at radius 3 is 2.79 bits per heavy atom. The van der Waals surface area contributed by atoms with Gasteiger partial charge in [0, 0.05) is 17.1 Å². The highest BCUT2D eigenvalue weighted by molar-refractivity contribution is 7.12. The van der Waals surface area contributed by atoms with Crippen molar-refractivity contribution in [3.05, 3.63) is 45.6 Å². The van der Waals surface area contributed by atoms with Gasteiger partial charge in [-0.2, -0.15) is 5.26 Å². The maximum absolute atomic E-state index is 8.79. The Bertz CT molecular complexity index is 598. The van der Waals surface area contributed by atoms with Crippen LogP contribution in [0.15, 0.2) is 30.3 Å². The summed E-state index contributed by atoms with van der Waals surface area (Å²) in [5.41, 5.74) is 2.25. The summed E-state index contributed by atoms with van der Waals surface area (Å²) in [6.45, 7) is 5.45. The van der Waals surface area contributed by atoms with Gasteiger partial charge in [0.2, 0.25) is 0 Å². The van der Waals surface area contributed by atoms with Crippen LogP contribution in [0.2, 0.25) is 0 Å². The first-order chi connectivity index (χ1) is 9.22. The van der Waals surface area contributed by atoms with Crippen molar-refractivity contribution < 1.29 is 4.74 Å². The lowest BCUT2D eigenvalue weighted by Gasteiger charge is -2.10. The zero-order valence-electron chi connectivity index (χ0n) is 11.1. The van der Waals surface area contributed by atoms with E-state index in [0.717, 1.165) is 33.3 Å². The Labute approximate surface area is 117 Å². The Balaban J connectivity index is 2.01. The number of rotatable bonds is 5. The number of hydrogen-bond acceptors (Lipinski definition) is 4. The third-order valence-electron chi connectivity index (χ3n) is 2.73. The van der Waals surface area contributed by atoms with Gasteiger partial charge in [0.1, 0.15) is 16.7 Å². The minimum absolute atomic E-state index is 0.679. The van der Waals surface area contributed by atoms with E-state index in [2.05, 4.69) is 18.3 Å². The lowest BCUT2D eigenvalue weighted by Crippen LogP contribution is -2.00. The molecule has 4 heteroatoms. The Morgan fingerprint density at radius 2 is 2.16 bits per heavy atom. The predicted molar refractivity (Wildman–Crippen MR) is 78.7 cm³/mol. The van der Waals surface area contributed by atoms with Gasteiger partial charge in [-0.1, -0.05) is 0 Å². The molecule has 0 fully saturated rings. The van der Waals surface area contributed by atoms with E-state index in [9.17, 15) is 0 Å². The molecule has 1 aromatic heterocycles. The third-order valence-corrected chi connectivity index (χ3v) is 3.72. The van der Waals surface area contributed by atoms with Gasteiger partial charge in [-0.3, -0.25) is 0 Å². The van der Waals surface area contributed by atoms with Crippen LogP contribution in [0.1, 0.15) is 22.2 Å².